The molecule has 8 nitrogen and oxygen atoms in total. The zero-order valence-electron chi connectivity index (χ0n) is 16.8. The Labute approximate surface area is 179 Å². The number of halogens is 1. The van der Waals surface area contributed by atoms with Crippen LogP contribution in [0.15, 0.2) is 42.5 Å². The number of benzene rings is 2. The Morgan fingerprint density at radius 2 is 1.93 bits per heavy atom. The maximum atomic E-state index is 12.6. The third-order valence-electron chi connectivity index (χ3n) is 4.95. The van der Waals surface area contributed by atoms with Crippen LogP contribution in [-0.4, -0.2) is 35.5 Å². The number of rotatable bonds is 7. The normalized spacial score (nSPS) is 18.2. The van der Waals surface area contributed by atoms with Gasteiger partial charge in [0.1, 0.15) is 12.1 Å². The Hall–Kier alpha value is -3.26. The average Bonchev–Trinajstić information content (AvgIpc) is 2.96. The Kier molecular flexibility index (Phi) is 6.17. The average molecular weight is 432 g/mol. The van der Waals surface area contributed by atoms with Crippen molar-refractivity contribution in [1.82, 2.24) is 15.8 Å². The van der Waals surface area contributed by atoms with E-state index in [0.717, 1.165) is 5.56 Å². The van der Waals surface area contributed by atoms with Crippen LogP contribution in [0, 0.1) is 0 Å². The van der Waals surface area contributed by atoms with Gasteiger partial charge in [-0.25, -0.2) is 4.79 Å². The van der Waals surface area contributed by atoms with E-state index in [2.05, 4.69) is 10.7 Å². The second-order valence-corrected chi connectivity index (χ2v) is 7.35. The van der Waals surface area contributed by atoms with Gasteiger partial charge in [-0.3, -0.25) is 15.0 Å². The standard InChI is InChI=1S/C21H22ClN3O5/c1-4-21(2)19(27)25(20(28)23-21)24-18(26)13-9-10-16(17(11-13)29-3)30-12-14-7-5-6-8-15(14)22/h5-11H,4,12H2,1-3H3,(H,23,28)(H,24,26). The maximum absolute atomic E-state index is 12.6. The minimum Gasteiger partial charge on any atom is -0.493 e. The quantitative estimate of drug-likeness (QED) is 0.655. The summed E-state index contributed by atoms with van der Waals surface area (Å²) in [7, 11) is 1.45. The zero-order chi connectivity index (χ0) is 21.9. The molecule has 4 amide bonds. The SMILES string of the molecule is CCC1(C)NC(=O)N(NC(=O)c2ccc(OCc3ccccc3Cl)c(OC)c2)C1=O. The van der Waals surface area contributed by atoms with Gasteiger partial charge in [0.15, 0.2) is 11.5 Å². The van der Waals surface area contributed by atoms with Crippen molar-refractivity contribution in [2.75, 3.05) is 7.11 Å². The Balaban J connectivity index is 1.72. The first-order chi connectivity index (χ1) is 14.3. The van der Waals surface area contributed by atoms with E-state index in [1.54, 1.807) is 26.0 Å². The van der Waals surface area contributed by atoms with Gasteiger partial charge in [0, 0.05) is 16.1 Å². The lowest BCUT2D eigenvalue weighted by molar-refractivity contribution is -0.132. The van der Waals surface area contributed by atoms with Gasteiger partial charge >= 0.3 is 6.03 Å². The van der Waals surface area contributed by atoms with Crippen molar-refractivity contribution in [2.45, 2.75) is 32.4 Å². The van der Waals surface area contributed by atoms with Crippen LogP contribution < -0.4 is 20.2 Å². The van der Waals surface area contributed by atoms with Crippen LogP contribution in [0.1, 0.15) is 36.2 Å². The van der Waals surface area contributed by atoms with E-state index in [4.69, 9.17) is 21.1 Å². The van der Waals surface area contributed by atoms with E-state index in [1.807, 2.05) is 18.2 Å². The number of ether oxygens (including phenoxy) is 2. The molecule has 0 spiro atoms. The van der Waals surface area contributed by atoms with Crippen LogP contribution in [0.25, 0.3) is 0 Å². The van der Waals surface area contributed by atoms with Crippen LogP contribution >= 0.6 is 11.6 Å². The highest BCUT2D eigenvalue weighted by atomic mass is 35.5. The molecule has 3 rings (SSSR count). The molecule has 0 aliphatic carbocycles. The van der Waals surface area contributed by atoms with Gasteiger partial charge in [0.2, 0.25) is 0 Å². The predicted octanol–water partition coefficient (Wildman–Crippen LogP) is 3.29. The lowest BCUT2D eigenvalue weighted by Crippen LogP contribution is -2.48. The van der Waals surface area contributed by atoms with E-state index >= 15 is 0 Å². The summed E-state index contributed by atoms with van der Waals surface area (Å²) < 4.78 is 11.1. The molecule has 2 N–H and O–H groups in total. The highest BCUT2D eigenvalue weighted by Crippen LogP contribution is 2.30. The summed E-state index contributed by atoms with van der Waals surface area (Å²) in [5, 5.41) is 3.85. The molecule has 9 heteroatoms. The third-order valence-corrected chi connectivity index (χ3v) is 5.32. The molecule has 0 bridgehead atoms. The lowest BCUT2D eigenvalue weighted by atomic mass is 10.00. The zero-order valence-corrected chi connectivity index (χ0v) is 17.6. The summed E-state index contributed by atoms with van der Waals surface area (Å²) in [6.45, 7) is 3.60. The van der Waals surface area contributed by atoms with E-state index in [0.29, 0.717) is 28.0 Å². The number of amides is 4. The van der Waals surface area contributed by atoms with Crippen LogP contribution in [-0.2, 0) is 11.4 Å². The number of hydrogen-bond donors (Lipinski definition) is 2. The van der Waals surface area contributed by atoms with Gasteiger partial charge < -0.3 is 14.8 Å². The van der Waals surface area contributed by atoms with Crippen molar-refractivity contribution in [3.05, 3.63) is 58.6 Å². The first-order valence-electron chi connectivity index (χ1n) is 9.31. The molecule has 1 saturated heterocycles. The fourth-order valence-corrected chi connectivity index (χ4v) is 3.08. The third kappa shape index (κ3) is 4.18. The predicted molar refractivity (Wildman–Crippen MR) is 110 cm³/mol. The largest absolute Gasteiger partial charge is 0.493 e. The molecule has 0 aromatic heterocycles. The van der Waals surface area contributed by atoms with Crippen LogP contribution in [0.3, 0.4) is 0 Å². The molecule has 1 aliphatic heterocycles. The van der Waals surface area contributed by atoms with Crippen molar-refractivity contribution in [2.24, 2.45) is 0 Å². The molecule has 1 fully saturated rings. The molecule has 1 unspecified atom stereocenters. The molecule has 0 saturated carbocycles. The van der Waals surface area contributed by atoms with Gasteiger partial charge in [-0.2, -0.15) is 5.01 Å². The van der Waals surface area contributed by atoms with Crippen LogP contribution in [0.4, 0.5) is 4.79 Å². The molecular weight excluding hydrogens is 410 g/mol. The highest BCUT2D eigenvalue weighted by Gasteiger charge is 2.47. The van der Waals surface area contributed by atoms with Crippen molar-refractivity contribution < 1.29 is 23.9 Å². The van der Waals surface area contributed by atoms with Crippen molar-refractivity contribution in [3.8, 4) is 11.5 Å². The Morgan fingerprint density at radius 1 is 1.20 bits per heavy atom. The number of carbonyl (C=O) groups is 3. The Morgan fingerprint density at radius 3 is 2.57 bits per heavy atom. The van der Waals surface area contributed by atoms with Gasteiger partial charge in [-0.15, -0.1) is 0 Å². The smallest absolute Gasteiger partial charge is 0.344 e. The molecule has 158 valence electrons. The molecule has 1 heterocycles. The lowest BCUT2D eigenvalue weighted by Gasteiger charge is -2.19. The first-order valence-corrected chi connectivity index (χ1v) is 9.68. The van der Waals surface area contributed by atoms with Gasteiger partial charge in [0.05, 0.1) is 7.11 Å². The Bertz CT molecular complexity index is 996. The monoisotopic (exact) mass is 431 g/mol. The van der Waals surface area contributed by atoms with Gasteiger partial charge in [-0.1, -0.05) is 36.7 Å². The number of methoxy groups -OCH3 is 1. The number of urea groups is 1. The topological polar surface area (TPSA) is 97.0 Å². The summed E-state index contributed by atoms with van der Waals surface area (Å²) >= 11 is 6.14. The number of nitrogens with zero attached hydrogens (tertiary/aromatic N) is 1. The summed E-state index contributed by atoms with van der Waals surface area (Å²) in [6.07, 6.45) is 0.398. The number of hydrazine groups is 1. The fraction of sp³-hybridized carbons (Fsp3) is 0.286. The molecular formula is C21H22ClN3O5. The fourth-order valence-electron chi connectivity index (χ4n) is 2.89. The van der Waals surface area contributed by atoms with E-state index in [1.165, 1.54) is 19.2 Å². The van der Waals surface area contributed by atoms with Crippen molar-refractivity contribution in [3.63, 3.8) is 0 Å². The number of hydrogen-bond acceptors (Lipinski definition) is 5. The van der Waals surface area contributed by atoms with Gasteiger partial charge in [-0.05, 0) is 37.6 Å². The van der Waals surface area contributed by atoms with E-state index in [9.17, 15) is 14.4 Å². The van der Waals surface area contributed by atoms with Gasteiger partial charge in [0.25, 0.3) is 11.8 Å². The number of imide groups is 1. The van der Waals surface area contributed by atoms with E-state index < -0.39 is 23.4 Å². The molecule has 2 aromatic carbocycles. The molecule has 30 heavy (non-hydrogen) atoms. The molecule has 1 atom stereocenters. The van der Waals surface area contributed by atoms with Crippen LogP contribution in [0.5, 0.6) is 11.5 Å². The first kappa shape index (κ1) is 21.4. The molecule has 1 aliphatic rings. The van der Waals surface area contributed by atoms with Crippen LogP contribution in [0.2, 0.25) is 5.02 Å². The maximum Gasteiger partial charge on any atom is 0.344 e. The minimum absolute atomic E-state index is 0.197. The second kappa shape index (κ2) is 8.62. The summed E-state index contributed by atoms with van der Waals surface area (Å²) in [4.78, 5) is 37.1. The molecule has 0 radical (unpaired) electrons. The summed E-state index contributed by atoms with van der Waals surface area (Å²) in [5.74, 6) is -0.405. The van der Waals surface area contributed by atoms with Crippen molar-refractivity contribution >= 4 is 29.4 Å². The minimum atomic E-state index is -1.04. The second-order valence-electron chi connectivity index (χ2n) is 6.94. The molecule has 2 aromatic rings. The summed E-state index contributed by atoms with van der Waals surface area (Å²) in [6, 6.07) is 11.2. The van der Waals surface area contributed by atoms with Crippen molar-refractivity contribution in [1.29, 1.82) is 0 Å². The number of nitrogens with one attached hydrogen (secondary N) is 2. The van der Waals surface area contributed by atoms with E-state index in [-0.39, 0.29) is 12.2 Å². The summed E-state index contributed by atoms with van der Waals surface area (Å²) in [5.41, 5.74) is 2.30. The highest BCUT2D eigenvalue weighted by molar-refractivity contribution is 6.31. The number of carbonyl (C=O) groups excluding carboxylic acids is 3.